The molecule has 0 bridgehead atoms. The molecule has 0 spiro atoms. The van der Waals surface area contributed by atoms with Crippen LogP contribution in [0.5, 0.6) is 0 Å². The van der Waals surface area contributed by atoms with Gasteiger partial charge in [0.05, 0.1) is 0 Å². The van der Waals surface area contributed by atoms with Crippen molar-refractivity contribution >= 4 is 0 Å². The summed E-state index contributed by atoms with van der Waals surface area (Å²) in [6.45, 7) is 4.24. The molecule has 1 aromatic heterocycles. The fourth-order valence-electron chi connectivity index (χ4n) is 1.68. The van der Waals surface area contributed by atoms with Gasteiger partial charge in [0.25, 0.3) is 0 Å². The fourth-order valence-corrected chi connectivity index (χ4v) is 1.68. The average molecular weight is 197 g/mol. The van der Waals surface area contributed by atoms with Gasteiger partial charge in [-0.3, -0.25) is 4.98 Å². The summed E-state index contributed by atoms with van der Waals surface area (Å²) in [5.41, 5.74) is 4.97. The van der Waals surface area contributed by atoms with Crippen molar-refractivity contribution in [3.63, 3.8) is 0 Å². The van der Waals surface area contributed by atoms with Gasteiger partial charge in [-0.1, -0.05) is 36.8 Å². The third-order valence-electron chi connectivity index (χ3n) is 2.53. The fraction of sp³-hybridized carbons (Fsp3) is 0.214. The molecule has 0 saturated carbocycles. The molecule has 0 unspecified atom stereocenters. The molecule has 2 rings (SSSR count). The molecule has 0 amide bonds. The van der Waals surface area contributed by atoms with Gasteiger partial charge in [0.2, 0.25) is 0 Å². The van der Waals surface area contributed by atoms with E-state index in [0.717, 1.165) is 12.1 Å². The summed E-state index contributed by atoms with van der Waals surface area (Å²) in [5.74, 6) is 0. The van der Waals surface area contributed by atoms with E-state index in [9.17, 15) is 0 Å². The van der Waals surface area contributed by atoms with E-state index in [2.05, 4.69) is 55.2 Å². The molecule has 1 heterocycles. The van der Waals surface area contributed by atoms with E-state index < -0.39 is 0 Å². The van der Waals surface area contributed by atoms with Crippen molar-refractivity contribution in [2.24, 2.45) is 0 Å². The summed E-state index contributed by atoms with van der Waals surface area (Å²) in [7, 11) is 0. The highest BCUT2D eigenvalue weighted by Gasteiger charge is 1.98. The highest BCUT2D eigenvalue weighted by atomic mass is 14.7. The summed E-state index contributed by atoms with van der Waals surface area (Å²) < 4.78 is 0. The van der Waals surface area contributed by atoms with Crippen LogP contribution in [0.25, 0.3) is 11.1 Å². The first-order valence-electron chi connectivity index (χ1n) is 5.31. The Kier molecular flexibility index (Phi) is 2.82. The first kappa shape index (κ1) is 9.91. The van der Waals surface area contributed by atoms with Crippen LogP contribution in [0.4, 0.5) is 0 Å². The predicted octanol–water partition coefficient (Wildman–Crippen LogP) is 3.62. The van der Waals surface area contributed by atoms with Crippen molar-refractivity contribution in [1.82, 2.24) is 4.98 Å². The van der Waals surface area contributed by atoms with Crippen molar-refractivity contribution in [2.75, 3.05) is 0 Å². The number of benzene rings is 1. The molecule has 0 aliphatic heterocycles. The Balaban J connectivity index is 2.44. The molecule has 15 heavy (non-hydrogen) atoms. The van der Waals surface area contributed by atoms with E-state index >= 15 is 0 Å². The lowest BCUT2D eigenvalue weighted by Gasteiger charge is -2.04. The zero-order valence-electron chi connectivity index (χ0n) is 9.20. The lowest BCUT2D eigenvalue weighted by molar-refractivity contribution is 1.04. The van der Waals surface area contributed by atoms with Crippen molar-refractivity contribution in [2.45, 2.75) is 20.3 Å². The number of aryl methyl sites for hydroxylation is 2. The van der Waals surface area contributed by atoms with Crippen LogP contribution in [-0.4, -0.2) is 4.98 Å². The Morgan fingerprint density at radius 3 is 2.60 bits per heavy atom. The van der Waals surface area contributed by atoms with E-state index in [0.29, 0.717) is 0 Å². The van der Waals surface area contributed by atoms with Crippen LogP contribution in [0.2, 0.25) is 0 Å². The summed E-state index contributed by atoms with van der Waals surface area (Å²) in [4.78, 5) is 4.31. The van der Waals surface area contributed by atoms with Gasteiger partial charge in [0, 0.05) is 11.9 Å². The lowest BCUT2D eigenvalue weighted by Crippen LogP contribution is -1.87. The molecular weight excluding hydrogens is 182 g/mol. The van der Waals surface area contributed by atoms with Crippen LogP contribution in [0.15, 0.2) is 42.6 Å². The van der Waals surface area contributed by atoms with Gasteiger partial charge < -0.3 is 0 Å². The summed E-state index contributed by atoms with van der Waals surface area (Å²) in [6, 6.07) is 12.8. The number of hydrogen-bond acceptors (Lipinski definition) is 1. The number of pyridine rings is 1. The molecule has 0 N–H and O–H groups in total. The van der Waals surface area contributed by atoms with Crippen LogP contribution in [0.3, 0.4) is 0 Å². The Labute approximate surface area is 90.8 Å². The Hall–Kier alpha value is -1.63. The van der Waals surface area contributed by atoms with Crippen molar-refractivity contribution < 1.29 is 0 Å². The molecule has 0 radical (unpaired) electrons. The highest BCUT2D eigenvalue weighted by Crippen LogP contribution is 2.20. The lowest BCUT2D eigenvalue weighted by atomic mass is 10.0. The number of rotatable bonds is 2. The Bertz CT molecular complexity index is 460. The van der Waals surface area contributed by atoms with E-state index in [-0.39, 0.29) is 0 Å². The second-order valence-corrected chi connectivity index (χ2v) is 3.76. The van der Waals surface area contributed by atoms with Crippen LogP contribution in [-0.2, 0) is 6.42 Å². The maximum atomic E-state index is 4.31. The zero-order valence-corrected chi connectivity index (χ0v) is 9.20. The molecule has 1 aromatic carbocycles. The van der Waals surface area contributed by atoms with Crippen LogP contribution in [0, 0.1) is 6.92 Å². The zero-order chi connectivity index (χ0) is 10.7. The highest BCUT2D eigenvalue weighted by molar-refractivity contribution is 5.64. The number of nitrogens with zero attached hydrogens (tertiary/aromatic N) is 1. The van der Waals surface area contributed by atoms with Crippen molar-refractivity contribution in [3.8, 4) is 11.1 Å². The third kappa shape index (κ3) is 2.24. The molecule has 0 fully saturated rings. The molecule has 1 heteroatoms. The summed E-state index contributed by atoms with van der Waals surface area (Å²) in [5, 5.41) is 0. The Morgan fingerprint density at radius 1 is 1.07 bits per heavy atom. The second kappa shape index (κ2) is 4.26. The molecule has 0 aliphatic rings. The van der Waals surface area contributed by atoms with Crippen molar-refractivity contribution in [3.05, 3.63) is 53.9 Å². The monoisotopic (exact) mass is 197 g/mol. The predicted molar refractivity (Wildman–Crippen MR) is 63.8 cm³/mol. The largest absolute Gasteiger partial charge is 0.261 e. The van der Waals surface area contributed by atoms with Crippen LogP contribution >= 0.6 is 0 Å². The minimum absolute atomic E-state index is 0.986. The van der Waals surface area contributed by atoms with Gasteiger partial charge in [-0.25, -0.2) is 0 Å². The topological polar surface area (TPSA) is 12.9 Å². The molecule has 76 valence electrons. The molecule has 0 atom stereocenters. The van der Waals surface area contributed by atoms with Gasteiger partial charge in [-0.2, -0.15) is 0 Å². The molecular formula is C14H15N. The average Bonchev–Trinajstić information content (AvgIpc) is 2.29. The molecule has 0 aliphatic carbocycles. The quantitative estimate of drug-likeness (QED) is 0.716. The smallest absolute Gasteiger partial charge is 0.0407 e. The normalized spacial score (nSPS) is 10.3. The number of aromatic nitrogens is 1. The first-order valence-corrected chi connectivity index (χ1v) is 5.31. The molecule has 2 aromatic rings. The molecule has 1 nitrogen and oxygen atoms in total. The van der Waals surface area contributed by atoms with Gasteiger partial charge in [0.15, 0.2) is 0 Å². The van der Waals surface area contributed by atoms with Crippen LogP contribution < -0.4 is 0 Å². The minimum Gasteiger partial charge on any atom is -0.261 e. The maximum Gasteiger partial charge on any atom is 0.0407 e. The van der Waals surface area contributed by atoms with E-state index in [1.54, 1.807) is 0 Å². The maximum absolute atomic E-state index is 4.31. The van der Waals surface area contributed by atoms with E-state index in [1.807, 2.05) is 6.20 Å². The minimum atomic E-state index is 0.986. The molecule has 0 saturated heterocycles. The van der Waals surface area contributed by atoms with Gasteiger partial charge in [-0.05, 0) is 36.6 Å². The summed E-state index contributed by atoms with van der Waals surface area (Å²) >= 11 is 0. The van der Waals surface area contributed by atoms with E-state index in [1.165, 1.54) is 16.7 Å². The summed E-state index contributed by atoms with van der Waals surface area (Å²) in [6.07, 6.45) is 2.87. The van der Waals surface area contributed by atoms with E-state index in [4.69, 9.17) is 0 Å². The standard InChI is InChI=1S/C14H15N/c1-3-14-10-13(7-8-15-14)12-6-4-5-11(2)9-12/h4-10H,3H2,1-2H3. The third-order valence-corrected chi connectivity index (χ3v) is 2.53. The van der Waals surface area contributed by atoms with Gasteiger partial charge >= 0.3 is 0 Å². The first-order chi connectivity index (χ1) is 7.29. The number of hydrogen-bond donors (Lipinski definition) is 0. The van der Waals surface area contributed by atoms with Crippen molar-refractivity contribution in [1.29, 1.82) is 0 Å². The van der Waals surface area contributed by atoms with Crippen LogP contribution in [0.1, 0.15) is 18.2 Å². The Morgan fingerprint density at radius 2 is 1.87 bits per heavy atom. The van der Waals surface area contributed by atoms with Gasteiger partial charge in [-0.15, -0.1) is 0 Å². The van der Waals surface area contributed by atoms with Gasteiger partial charge in [0.1, 0.15) is 0 Å². The SMILES string of the molecule is CCc1cc(-c2cccc(C)c2)ccn1. The second-order valence-electron chi connectivity index (χ2n) is 3.76.